The zero-order valence-corrected chi connectivity index (χ0v) is 15.4. The standard InChI is InChI=1S/C18H27NO6/c1-6-23-13-8-9-15(24-7-2)12(10-13)11-14(16(20)21)19-17(22)25-18(3,4)5/h8-10,14H,6-7,11H2,1-5H3,(H,19,22)(H,20,21). The van der Waals surface area contributed by atoms with E-state index in [0.29, 0.717) is 30.3 Å². The first kappa shape index (κ1) is 20.6. The molecule has 7 nitrogen and oxygen atoms in total. The number of carbonyl (C=O) groups is 2. The molecule has 1 aromatic rings. The highest BCUT2D eigenvalue weighted by molar-refractivity contribution is 5.80. The number of rotatable bonds is 8. The van der Waals surface area contributed by atoms with Gasteiger partial charge < -0.3 is 24.6 Å². The fraction of sp³-hybridized carbons (Fsp3) is 0.556. The molecular weight excluding hydrogens is 326 g/mol. The summed E-state index contributed by atoms with van der Waals surface area (Å²) in [5.41, 5.74) is -0.0744. The van der Waals surface area contributed by atoms with Crippen LogP contribution in [0.15, 0.2) is 18.2 Å². The summed E-state index contributed by atoms with van der Waals surface area (Å²) in [7, 11) is 0. The summed E-state index contributed by atoms with van der Waals surface area (Å²) < 4.78 is 16.1. The number of benzene rings is 1. The second-order valence-corrected chi connectivity index (χ2v) is 6.38. The highest BCUT2D eigenvalue weighted by Gasteiger charge is 2.25. The summed E-state index contributed by atoms with van der Waals surface area (Å²) in [6, 6.07) is 4.07. The van der Waals surface area contributed by atoms with Gasteiger partial charge in [0.05, 0.1) is 13.2 Å². The summed E-state index contributed by atoms with van der Waals surface area (Å²) in [5.74, 6) is 0.0145. The molecule has 0 saturated heterocycles. The van der Waals surface area contributed by atoms with E-state index in [1.807, 2.05) is 13.8 Å². The van der Waals surface area contributed by atoms with Crippen molar-refractivity contribution in [3.05, 3.63) is 23.8 Å². The third kappa shape index (κ3) is 7.32. The van der Waals surface area contributed by atoms with E-state index in [-0.39, 0.29) is 6.42 Å². The smallest absolute Gasteiger partial charge is 0.408 e. The van der Waals surface area contributed by atoms with Gasteiger partial charge in [-0.25, -0.2) is 9.59 Å². The van der Waals surface area contributed by atoms with Crippen LogP contribution in [0.4, 0.5) is 4.79 Å². The van der Waals surface area contributed by atoms with E-state index in [0.717, 1.165) is 0 Å². The number of nitrogens with one attached hydrogen (secondary N) is 1. The van der Waals surface area contributed by atoms with Crippen molar-refractivity contribution in [1.29, 1.82) is 0 Å². The molecule has 0 saturated carbocycles. The van der Waals surface area contributed by atoms with Gasteiger partial charge in [0.25, 0.3) is 0 Å². The maximum absolute atomic E-state index is 11.9. The highest BCUT2D eigenvalue weighted by atomic mass is 16.6. The minimum atomic E-state index is -1.16. The number of alkyl carbamates (subject to hydrolysis) is 1. The third-order valence-corrected chi connectivity index (χ3v) is 3.06. The molecule has 2 N–H and O–H groups in total. The molecular formula is C18H27NO6. The van der Waals surface area contributed by atoms with Crippen molar-refractivity contribution in [3.8, 4) is 11.5 Å². The van der Waals surface area contributed by atoms with Crippen molar-refractivity contribution in [2.45, 2.75) is 52.7 Å². The minimum Gasteiger partial charge on any atom is -0.494 e. The van der Waals surface area contributed by atoms with Crippen LogP contribution < -0.4 is 14.8 Å². The van der Waals surface area contributed by atoms with Gasteiger partial charge in [-0.3, -0.25) is 0 Å². The van der Waals surface area contributed by atoms with Crippen LogP contribution in [0, 0.1) is 0 Å². The summed E-state index contributed by atoms with van der Waals surface area (Å²) in [5, 5.41) is 11.8. The van der Waals surface area contributed by atoms with E-state index in [2.05, 4.69) is 5.32 Å². The maximum Gasteiger partial charge on any atom is 0.408 e. The third-order valence-electron chi connectivity index (χ3n) is 3.06. The largest absolute Gasteiger partial charge is 0.494 e. The Morgan fingerprint density at radius 1 is 1.16 bits per heavy atom. The van der Waals surface area contributed by atoms with Crippen molar-refractivity contribution in [2.75, 3.05) is 13.2 Å². The number of hydrogen-bond donors (Lipinski definition) is 2. The first-order chi connectivity index (χ1) is 11.7. The summed E-state index contributed by atoms with van der Waals surface area (Å²) in [6.45, 7) is 9.77. The zero-order chi connectivity index (χ0) is 19.0. The van der Waals surface area contributed by atoms with Crippen molar-refractivity contribution < 1.29 is 28.9 Å². The molecule has 0 aliphatic carbocycles. The monoisotopic (exact) mass is 353 g/mol. The van der Waals surface area contributed by atoms with E-state index in [1.54, 1.807) is 39.0 Å². The molecule has 1 atom stereocenters. The van der Waals surface area contributed by atoms with Crippen LogP contribution in [0.25, 0.3) is 0 Å². The molecule has 1 unspecified atom stereocenters. The zero-order valence-electron chi connectivity index (χ0n) is 15.4. The number of amides is 1. The van der Waals surface area contributed by atoms with Gasteiger partial charge in [0, 0.05) is 12.0 Å². The van der Waals surface area contributed by atoms with Gasteiger partial charge in [-0.2, -0.15) is 0 Å². The fourth-order valence-corrected chi connectivity index (χ4v) is 2.14. The predicted octanol–water partition coefficient (Wildman–Crippen LogP) is 3.00. The molecule has 0 fully saturated rings. The minimum absolute atomic E-state index is 0.0465. The molecule has 0 heterocycles. The van der Waals surface area contributed by atoms with Crippen molar-refractivity contribution in [2.24, 2.45) is 0 Å². The van der Waals surface area contributed by atoms with Crippen molar-refractivity contribution >= 4 is 12.1 Å². The van der Waals surface area contributed by atoms with E-state index in [9.17, 15) is 14.7 Å². The van der Waals surface area contributed by atoms with E-state index in [1.165, 1.54) is 0 Å². The Labute approximate surface area is 148 Å². The first-order valence-corrected chi connectivity index (χ1v) is 8.27. The number of carboxylic acids is 1. The van der Waals surface area contributed by atoms with Gasteiger partial charge in [0.15, 0.2) is 0 Å². The Morgan fingerprint density at radius 2 is 1.80 bits per heavy atom. The molecule has 1 amide bonds. The van der Waals surface area contributed by atoms with Gasteiger partial charge in [-0.1, -0.05) is 0 Å². The van der Waals surface area contributed by atoms with Crippen LogP contribution in [0.5, 0.6) is 11.5 Å². The second kappa shape index (κ2) is 9.15. The molecule has 0 radical (unpaired) electrons. The molecule has 1 rings (SSSR count). The number of ether oxygens (including phenoxy) is 3. The van der Waals surface area contributed by atoms with Crippen LogP contribution in [-0.2, 0) is 16.0 Å². The Balaban J connectivity index is 2.97. The van der Waals surface area contributed by atoms with Crippen LogP contribution in [0.3, 0.4) is 0 Å². The molecule has 0 spiro atoms. The normalized spacial score (nSPS) is 12.2. The van der Waals surface area contributed by atoms with Crippen LogP contribution in [-0.4, -0.2) is 42.0 Å². The lowest BCUT2D eigenvalue weighted by Gasteiger charge is -2.22. The topological polar surface area (TPSA) is 94.1 Å². The Bertz CT molecular complexity index is 594. The molecule has 1 aromatic carbocycles. The maximum atomic E-state index is 11.9. The highest BCUT2D eigenvalue weighted by Crippen LogP contribution is 2.26. The molecule has 0 aliphatic heterocycles. The lowest BCUT2D eigenvalue weighted by atomic mass is 10.0. The molecule has 0 aromatic heterocycles. The van der Waals surface area contributed by atoms with Gasteiger partial charge in [-0.15, -0.1) is 0 Å². The van der Waals surface area contributed by atoms with Crippen LogP contribution >= 0.6 is 0 Å². The van der Waals surface area contributed by atoms with Crippen molar-refractivity contribution in [1.82, 2.24) is 5.32 Å². The molecule has 7 heteroatoms. The predicted molar refractivity (Wildman–Crippen MR) is 93.3 cm³/mol. The Hall–Kier alpha value is -2.44. The summed E-state index contributed by atoms with van der Waals surface area (Å²) >= 11 is 0. The number of hydrogen-bond acceptors (Lipinski definition) is 5. The second-order valence-electron chi connectivity index (χ2n) is 6.38. The van der Waals surface area contributed by atoms with Gasteiger partial charge in [0.2, 0.25) is 0 Å². The lowest BCUT2D eigenvalue weighted by molar-refractivity contribution is -0.139. The quantitative estimate of drug-likeness (QED) is 0.746. The number of aliphatic carboxylic acids is 1. The Morgan fingerprint density at radius 3 is 2.32 bits per heavy atom. The van der Waals surface area contributed by atoms with Gasteiger partial charge in [0.1, 0.15) is 23.1 Å². The van der Waals surface area contributed by atoms with Crippen LogP contribution in [0.1, 0.15) is 40.2 Å². The van der Waals surface area contributed by atoms with Gasteiger partial charge in [-0.05, 0) is 52.8 Å². The van der Waals surface area contributed by atoms with Crippen LogP contribution in [0.2, 0.25) is 0 Å². The van der Waals surface area contributed by atoms with E-state index < -0.39 is 23.7 Å². The van der Waals surface area contributed by atoms with Crippen molar-refractivity contribution in [3.63, 3.8) is 0 Å². The summed E-state index contributed by atoms with van der Waals surface area (Å²) in [4.78, 5) is 23.4. The summed E-state index contributed by atoms with van der Waals surface area (Å²) in [6.07, 6.45) is -0.732. The van der Waals surface area contributed by atoms with E-state index in [4.69, 9.17) is 14.2 Å². The lowest BCUT2D eigenvalue weighted by Crippen LogP contribution is -2.44. The first-order valence-electron chi connectivity index (χ1n) is 8.27. The van der Waals surface area contributed by atoms with Gasteiger partial charge >= 0.3 is 12.1 Å². The Kier molecular flexibility index (Phi) is 7.54. The molecule has 0 aliphatic rings. The molecule has 140 valence electrons. The average Bonchev–Trinajstić information content (AvgIpc) is 2.47. The SMILES string of the molecule is CCOc1ccc(OCC)c(CC(NC(=O)OC(C)(C)C)C(=O)O)c1. The molecule has 25 heavy (non-hydrogen) atoms. The molecule has 0 bridgehead atoms. The number of carboxylic acid groups (broad SMARTS) is 1. The number of carbonyl (C=O) groups excluding carboxylic acids is 1. The fourth-order valence-electron chi connectivity index (χ4n) is 2.14. The average molecular weight is 353 g/mol. The van der Waals surface area contributed by atoms with E-state index >= 15 is 0 Å².